The number of carbonyl (C=O) groups excluding carboxylic acids is 1. The van der Waals surface area contributed by atoms with Crippen LogP contribution in [0.3, 0.4) is 0 Å². The molecule has 0 spiro atoms. The molecule has 0 aliphatic carbocycles. The Balaban J connectivity index is 1.72. The number of thiophene rings is 1. The Morgan fingerprint density at radius 1 is 1.28 bits per heavy atom. The topological polar surface area (TPSA) is 89.7 Å². The third-order valence-corrected chi connectivity index (χ3v) is 8.25. The lowest BCUT2D eigenvalue weighted by molar-refractivity contribution is 0.100. The van der Waals surface area contributed by atoms with Gasteiger partial charge in [0.25, 0.3) is 5.91 Å². The lowest BCUT2D eigenvalue weighted by atomic mass is 9.95. The van der Waals surface area contributed by atoms with E-state index < -0.39 is 21.7 Å². The molecular formula is C20H19FN2O4S2. The standard InChI is InChI=1S/C20H19FN2O4S2/c1-27-15-7-6-13(21)10-17(15)29(25,26)23-9-8-12(11-23)18-14-4-2-3-5-16(14)28-19(18)20(22)24/h2-7,10,12H,8-9,11H2,1H3,(H2,22,24)/t12-/m1/s1. The first-order valence-corrected chi connectivity index (χ1v) is 11.2. The summed E-state index contributed by atoms with van der Waals surface area (Å²) in [4.78, 5) is 12.3. The first-order chi connectivity index (χ1) is 13.8. The van der Waals surface area contributed by atoms with E-state index in [1.54, 1.807) is 0 Å². The molecule has 0 saturated carbocycles. The first-order valence-electron chi connectivity index (χ1n) is 8.98. The van der Waals surface area contributed by atoms with Gasteiger partial charge >= 0.3 is 0 Å². The third kappa shape index (κ3) is 3.39. The van der Waals surface area contributed by atoms with Gasteiger partial charge in [-0.2, -0.15) is 4.31 Å². The smallest absolute Gasteiger partial charge is 0.259 e. The number of halogens is 1. The summed E-state index contributed by atoms with van der Waals surface area (Å²) in [5.41, 5.74) is 6.39. The van der Waals surface area contributed by atoms with Gasteiger partial charge in [0.15, 0.2) is 0 Å². The number of primary amides is 1. The van der Waals surface area contributed by atoms with E-state index in [1.807, 2.05) is 24.3 Å². The van der Waals surface area contributed by atoms with Crippen LogP contribution in [0.5, 0.6) is 5.75 Å². The largest absolute Gasteiger partial charge is 0.495 e. The molecule has 1 atom stereocenters. The van der Waals surface area contributed by atoms with E-state index in [4.69, 9.17) is 10.5 Å². The minimum atomic E-state index is -3.96. The van der Waals surface area contributed by atoms with E-state index in [-0.39, 0.29) is 29.7 Å². The molecule has 1 aliphatic rings. The Morgan fingerprint density at radius 3 is 2.76 bits per heavy atom. The number of nitrogens with zero attached hydrogens (tertiary/aromatic N) is 1. The molecule has 1 saturated heterocycles. The van der Waals surface area contributed by atoms with Crippen molar-refractivity contribution in [2.75, 3.05) is 20.2 Å². The summed E-state index contributed by atoms with van der Waals surface area (Å²) in [7, 11) is -2.62. The molecule has 29 heavy (non-hydrogen) atoms. The Labute approximate surface area is 171 Å². The molecule has 152 valence electrons. The molecule has 1 fully saturated rings. The van der Waals surface area contributed by atoms with E-state index in [2.05, 4.69) is 0 Å². The van der Waals surface area contributed by atoms with Crippen LogP contribution in [0.1, 0.15) is 27.6 Å². The van der Waals surface area contributed by atoms with Crippen molar-refractivity contribution in [1.82, 2.24) is 4.31 Å². The van der Waals surface area contributed by atoms with Gasteiger partial charge in [0, 0.05) is 23.7 Å². The van der Waals surface area contributed by atoms with Crippen LogP contribution in [0.25, 0.3) is 10.1 Å². The zero-order chi connectivity index (χ0) is 20.8. The molecule has 0 radical (unpaired) electrons. The van der Waals surface area contributed by atoms with Gasteiger partial charge in [-0.05, 0) is 41.6 Å². The van der Waals surface area contributed by atoms with Crippen molar-refractivity contribution < 1.29 is 22.3 Å². The summed E-state index contributed by atoms with van der Waals surface area (Å²) in [6.07, 6.45) is 0.540. The minimum absolute atomic E-state index is 0.0914. The van der Waals surface area contributed by atoms with Crippen molar-refractivity contribution in [3.05, 3.63) is 58.7 Å². The number of amides is 1. The van der Waals surface area contributed by atoms with Crippen molar-refractivity contribution in [1.29, 1.82) is 0 Å². The summed E-state index contributed by atoms with van der Waals surface area (Å²) in [5, 5.41) is 0.916. The number of sulfonamides is 1. The van der Waals surface area contributed by atoms with Crippen LogP contribution in [-0.2, 0) is 10.0 Å². The second-order valence-corrected chi connectivity index (χ2v) is 9.81. The second-order valence-electron chi connectivity index (χ2n) is 6.85. The quantitative estimate of drug-likeness (QED) is 0.667. The normalized spacial score (nSPS) is 17.7. The Bertz CT molecular complexity index is 1210. The van der Waals surface area contributed by atoms with Crippen molar-refractivity contribution in [3.63, 3.8) is 0 Å². The number of carbonyl (C=O) groups is 1. The molecule has 1 aliphatic heterocycles. The van der Waals surface area contributed by atoms with Crippen molar-refractivity contribution in [3.8, 4) is 5.75 Å². The molecule has 2 N–H and O–H groups in total. The zero-order valence-electron chi connectivity index (χ0n) is 15.6. The van der Waals surface area contributed by atoms with Crippen LogP contribution >= 0.6 is 11.3 Å². The van der Waals surface area contributed by atoms with Crippen LogP contribution in [0.15, 0.2) is 47.4 Å². The minimum Gasteiger partial charge on any atom is -0.495 e. The van der Waals surface area contributed by atoms with E-state index in [0.717, 1.165) is 27.8 Å². The molecule has 2 heterocycles. The molecular weight excluding hydrogens is 415 g/mol. The number of nitrogens with two attached hydrogens (primary N) is 1. The summed E-state index contributed by atoms with van der Waals surface area (Å²) in [6, 6.07) is 11.0. The van der Waals surface area contributed by atoms with Gasteiger partial charge in [-0.1, -0.05) is 18.2 Å². The summed E-state index contributed by atoms with van der Waals surface area (Å²) < 4.78 is 47.4. The average molecular weight is 435 g/mol. The highest BCUT2D eigenvalue weighted by Crippen LogP contribution is 2.41. The SMILES string of the molecule is COc1ccc(F)cc1S(=O)(=O)N1CC[C@@H](c2c(C(N)=O)sc3ccccc23)C1. The Kier molecular flexibility index (Phi) is 5.05. The lowest BCUT2D eigenvalue weighted by Gasteiger charge is -2.19. The van der Waals surface area contributed by atoms with Crippen LogP contribution in [0.4, 0.5) is 4.39 Å². The van der Waals surface area contributed by atoms with Gasteiger partial charge in [-0.25, -0.2) is 12.8 Å². The number of rotatable bonds is 5. The molecule has 2 aromatic carbocycles. The van der Waals surface area contributed by atoms with Gasteiger partial charge in [-0.3, -0.25) is 4.79 Å². The number of hydrogen-bond acceptors (Lipinski definition) is 5. The van der Waals surface area contributed by atoms with Gasteiger partial charge < -0.3 is 10.5 Å². The van der Waals surface area contributed by atoms with Crippen molar-refractivity contribution in [2.24, 2.45) is 5.73 Å². The highest BCUT2D eigenvalue weighted by molar-refractivity contribution is 7.89. The highest BCUT2D eigenvalue weighted by atomic mass is 32.2. The Morgan fingerprint density at radius 2 is 2.03 bits per heavy atom. The van der Waals surface area contributed by atoms with Crippen molar-refractivity contribution in [2.45, 2.75) is 17.2 Å². The van der Waals surface area contributed by atoms with Gasteiger partial charge in [0.1, 0.15) is 16.5 Å². The molecule has 6 nitrogen and oxygen atoms in total. The molecule has 3 aromatic rings. The summed E-state index contributed by atoms with van der Waals surface area (Å²) in [5.74, 6) is -1.26. The van der Waals surface area contributed by atoms with Gasteiger partial charge in [0.05, 0.1) is 12.0 Å². The molecule has 4 rings (SSSR count). The number of benzene rings is 2. The number of hydrogen-bond donors (Lipinski definition) is 1. The zero-order valence-corrected chi connectivity index (χ0v) is 17.2. The number of methoxy groups -OCH3 is 1. The lowest BCUT2D eigenvalue weighted by Crippen LogP contribution is -2.29. The van der Waals surface area contributed by atoms with Crippen LogP contribution in [0.2, 0.25) is 0 Å². The van der Waals surface area contributed by atoms with Gasteiger partial charge in [-0.15, -0.1) is 11.3 Å². The third-order valence-electron chi connectivity index (χ3n) is 5.16. The second kappa shape index (κ2) is 7.40. The predicted molar refractivity (Wildman–Crippen MR) is 109 cm³/mol. The number of fused-ring (bicyclic) bond motifs is 1. The number of ether oxygens (including phenoxy) is 1. The maximum atomic E-state index is 13.7. The summed E-state index contributed by atoms with van der Waals surface area (Å²) >= 11 is 1.32. The van der Waals surface area contributed by atoms with E-state index >= 15 is 0 Å². The monoisotopic (exact) mass is 434 g/mol. The van der Waals surface area contributed by atoms with Gasteiger partial charge in [0.2, 0.25) is 10.0 Å². The van der Waals surface area contributed by atoms with E-state index in [1.165, 1.54) is 28.8 Å². The molecule has 1 aromatic heterocycles. The average Bonchev–Trinajstić information content (AvgIpc) is 3.33. The molecule has 0 bridgehead atoms. The molecule has 9 heteroatoms. The molecule has 1 amide bonds. The fourth-order valence-electron chi connectivity index (χ4n) is 3.83. The maximum Gasteiger partial charge on any atom is 0.259 e. The van der Waals surface area contributed by atoms with E-state index in [9.17, 15) is 17.6 Å². The maximum absolute atomic E-state index is 13.7. The summed E-state index contributed by atoms with van der Waals surface area (Å²) in [6.45, 7) is 0.443. The first kappa shape index (κ1) is 19.8. The Hall–Kier alpha value is -2.49. The van der Waals surface area contributed by atoms with E-state index in [0.29, 0.717) is 11.3 Å². The van der Waals surface area contributed by atoms with Crippen LogP contribution in [-0.4, -0.2) is 38.8 Å². The van der Waals surface area contributed by atoms with Crippen molar-refractivity contribution >= 4 is 37.4 Å². The fraction of sp³-hybridized carbons (Fsp3) is 0.250. The highest BCUT2D eigenvalue weighted by Gasteiger charge is 2.37. The fourth-order valence-corrected chi connectivity index (χ4v) is 6.64. The predicted octanol–water partition coefficient (Wildman–Crippen LogP) is 3.33. The van der Waals surface area contributed by atoms with Crippen LogP contribution in [0, 0.1) is 5.82 Å². The van der Waals surface area contributed by atoms with Crippen LogP contribution < -0.4 is 10.5 Å². The molecule has 0 unspecified atom stereocenters.